The summed E-state index contributed by atoms with van der Waals surface area (Å²) in [6.07, 6.45) is 0.363. The van der Waals surface area contributed by atoms with Crippen molar-refractivity contribution in [2.75, 3.05) is 11.9 Å². The van der Waals surface area contributed by atoms with E-state index in [-0.39, 0.29) is 30.2 Å². The van der Waals surface area contributed by atoms with E-state index in [1.807, 2.05) is 60.7 Å². The largest absolute Gasteiger partial charge is 0.478 e. The van der Waals surface area contributed by atoms with Crippen LogP contribution in [-0.4, -0.2) is 64.5 Å². The highest BCUT2D eigenvalue weighted by Gasteiger charge is 2.39. The Kier molecular flexibility index (Phi) is 11.5. The third kappa shape index (κ3) is 8.71. The van der Waals surface area contributed by atoms with Crippen molar-refractivity contribution in [2.45, 2.75) is 64.8 Å². The minimum atomic E-state index is -1.18. The average Bonchev–Trinajstić information content (AvgIpc) is 3.53. The van der Waals surface area contributed by atoms with Crippen LogP contribution >= 0.6 is 0 Å². The van der Waals surface area contributed by atoms with Gasteiger partial charge in [-0.2, -0.15) is 0 Å². The molecule has 0 aliphatic carbocycles. The van der Waals surface area contributed by atoms with Crippen molar-refractivity contribution in [3.63, 3.8) is 0 Å². The SMILES string of the molecule is Cc1cccc(NC(=O)[C@@H](NC(=O)[C@@H]2CCCN2C(=O)[C@H](Cc2ccccc2)NC(=O)OCc2ccccc2)C(C)C)c1C(=O)O. The van der Waals surface area contributed by atoms with Crippen LogP contribution in [0.3, 0.4) is 0 Å². The van der Waals surface area contributed by atoms with Gasteiger partial charge in [0.15, 0.2) is 0 Å². The summed E-state index contributed by atoms with van der Waals surface area (Å²) in [4.78, 5) is 67.0. The number of likely N-dealkylation sites (tertiary alicyclic amines) is 1. The van der Waals surface area contributed by atoms with Crippen LogP contribution in [0.5, 0.6) is 0 Å². The molecule has 0 aromatic heterocycles. The summed E-state index contributed by atoms with van der Waals surface area (Å²) in [6.45, 7) is 5.49. The zero-order valence-corrected chi connectivity index (χ0v) is 26.2. The maximum absolute atomic E-state index is 13.9. The Labute approximate surface area is 268 Å². The standard InChI is InChI=1S/C35H40N4O7/c1-22(2)30(32(41)36-26-17-10-12-23(3)29(26)34(43)44)38-31(40)28-18-11-19-39(28)33(42)27(20-24-13-6-4-7-14-24)37-35(45)46-21-25-15-8-5-9-16-25/h4-10,12-17,22,27-28,30H,11,18-21H2,1-3H3,(H,36,41)(H,37,45)(H,38,40)(H,43,44)/t27-,28-,30-/m0/s1. The first-order valence-electron chi connectivity index (χ1n) is 15.3. The summed E-state index contributed by atoms with van der Waals surface area (Å²) in [7, 11) is 0. The van der Waals surface area contributed by atoms with Crippen LogP contribution in [0.4, 0.5) is 10.5 Å². The summed E-state index contributed by atoms with van der Waals surface area (Å²) in [5.41, 5.74) is 2.20. The lowest BCUT2D eigenvalue weighted by atomic mass is 10.0. The number of nitrogens with one attached hydrogen (secondary N) is 3. The predicted molar refractivity (Wildman–Crippen MR) is 172 cm³/mol. The fraction of sp³-hybridized carbons (Fsp3) is 0.343. The first-order chi connectivity index (χ1) is 22.0. The molecule has 4 amide bonds. The lowest BCUT2D eigenvalue weighted by Gasteiger charge is -2.30. The molecule has 242 valence electrons. The van der Waals surface area contributed by atoms with Gasteiger partial charge in [0, 0.05) is 13.0 Å². The second-order valence-corrected chi connectivity index (χ2v) is 11.7. The third-order valence-electron chi connectivity index (χ3n) is 7.92. The summed E-state index contributed by atoms with van der Waals surface area (Å²) in [5.74, 6) is -3.04. The van der Waals surface area contributed by atoms with Crippen LogP contribution in [-0.2, 0) is 32.1 Å². The third-order valence-corrected chi connectivity index (χ3v) is 7.92. The maximum Gasteiger partial charge on any atom is 0.408 e. The van der Waals surface area contributed by atoms with E-state index in [1.165, 1.54) is 11.0 Å². The number of aromatic carboxylic acids is 1. The zero-order valence-electron chi connectivity index (χ0n) is 26.2. The topological polar surface area (TPSA) is 154 Å². The first kappa shape index (κ1) is 33.7. The van der Waals surface area contributed by atoms with Crippen molar-refractivity contribution in [1.29, 1.82) is 0 Å². The molecule has 0 saturated carbocycles. The van der Waals surface area contributed by atoms with Gasteiger partial charge in [-0.05, 0) is 48.4 Å². The second-order valence-electron chi connectivity index (χ2n) is 11.7. The van der Waals surface area contributed by atoms with Crippen LogP contribution < -0.4 is 16.0 Å². The Morgan fingerprint density at radius 3 is 2.17 bits per heavy atom. The molecule has 1 aliphatic rings. The normalized spacial score (nSPS) is 15.5. The Morgan fingerprint density at radius 2 is 1.54 bits per heavy atom. The molecular formula is C35H40N4O7. The molecule has 3 atom stereocenters. The Bertz CT molecular complexity index is 1550. The van der Waals surface area contributed by atoms with E-state index in [2.05, 4.69) is 16.0 Å². The fourth-order valence-corrected chi connectivity index (χ4v) is 5.51. The Balaban J connectivity index is 1.47. The van der Waals surface area contributed by atoms with Gasteiger partial charge in [0.1, 0.15) is 24.7 Å². The second kappa shape index (κ2) is 15.7. The molecule has 4 rings (SSSR count). The first-order valence-corrected chi connectivity index (χ1v) is 15.3. The monoisotopic (exact) mass is 628 g/mol. The van der Waals surface area contributed by atoms with E-state index in [0.717, 1.165) is 11.1 Å². The molecule has 0 bridgehead atoms. The molecule has 11 heteroatoms. The van der Waals surface area contributed by atoms with E-state index in [9.17, 15) is 29.1 Å². The Morgan fingerprint density at radius 1 is 0.891 bits per heavy atom. The predicted octanol–water partition coefficient (Wildman–Crippen LogP) is 4.30. The number of carbonyl (C=O) groups excluding carboxylic acids is 4. The number of ether oxygens (including phenoxy) is 1. The van der Waals surface area contributed by atoms with Gasteiger partial charge in [-0.25, -0.2) is 9.59 Å². The molecule has 1 aliphatic heterocycles. The van der Waals surface area contributed by atoms with Crippen LogP contribution in [0.2, 0.25) is 0 Å². The summed E-state index contributed by atoms with van der Waals surface area (Å²) in [6, 6.07) is 20.3. The summed E-state index contributed by atoms with van der Waals surface area (Å²) < 4.78 is 5.39. The molecule has 1 heterocycles. The maximum atomic E-state index is 13.9. The number of hydrogen-bond acceptors (Lipinski definition) is 6. The number of alkyl carbamates (subject to hydrolysis) is 1. The van der Waals surface area contributed by atoms with Gasteiger partial charge < -0.3 is 30.7 Å². The van der Waals surface area contributed by atoms with Gasteiger partial charge in [0.05, 0.1) is 11.3 Å². The van der Waals surface area contributed by atoms with Gasteiger partial charge in [-0.15, -0.1) is 0 Å². The minimum Gasteiger partial charge on any atom is -0.478 e. The number of rotatable bonds is 12. The van der Waals surface area contributed by atoms with Crippen LogP contribution in [0.25, 0.3) is 0 Å². The number of amides is 4. The number of carboxylic acids is 1. The van der Waals surface area contributed by atoms with Crippen molar-refractivity contribution in [3.8, 4) is 0 Å². The van der Waals surface area contributed by atoms with Crippen molar-refractivity contribution in [1.82, 2.24) is 15.5 Å². The average molecular weight is 629 g/mol. The van der Waals surface area contributed by atoms with Gasteiger partial charge >= 0.3 is 12.1 Å². The number of carboxylic acid groups (broad SMARTS) is 1. The molecule has 1 saturated heterocycles. The molecule has 3 aromatic carbocycles. The van der Waals surface area contributed by atoms with Crippen molar-refractivity contribution in [3.05, 3.63) is 101 Å². The van der Waals surface area contributed by atoms with E-state index in [1.54, 1.807) is 32.9 Å². The molecule has 46 heavy (non-hydrogen) atoms. The highest BCUT2D eigenvalue weighted by molar-refractivity contribution is 6.04. The zero-order chi connectivity index (χ0) is 33.2. The van der Waals surface area contributed by atoms with E-state index in [0.29, 0.717) is 24.9 Å². The van der Waals surface area contributed by atoms with Gasteiger partial charge in [-0.3, -0.25) is 14.4 Å². The highest BCUT2D eigenvalue weighted by Crippen LogP contribution is 2.23. The highest BCUT2D eigenvalue weighted by atomic mass is 16.5. The smallest absolute Gasteiger partial charge is 0.408 e. The molecule has 1 fully saturated rings. The molecular weight excluding hydrogens is 588 g/mol. The molecule has 4 N–H and O–H groups in total. The Hall–Kier alpha value is -5.19. The number of nitrogens with zero attached hydrogens (tertiary/aromatic N) is 1. The molecule has 0 spiro atoms. The van der Waals surface area contributed by atoms with E-state index >= 15 is 0 Å². The van der Waals surface area contributed by atoms with Gasteiger partial charge in [0.25, 0.3) is 0 Å². The molecule has 0 radical (unpaired) electrons. The lowest BCUT2D eigenvalue weighted by Crippen LogP contribution is -2.57. The van der Waals surface area contributed by atoms with Gasteiger partial charge in [-0.1, -0.05) is 86.6 Å². The lowest BCUT2D eigenvalue weighted by molar-refractivity contribution is -0.140. The van der Waals surface area contributed by atoms with Crippen molar-refractivity contribution < 1.29 is 33.8 Å². The molecule has 11 nitrogen and oxygen atoms in total. The summed E-state index contributed by atoms with van der Waals surface area (Å²) >= 11 is 0. The number of anilines is 1. The van der Waals surface area contributed by atoms with Gasteiger partial charge in [0.2, 0.25) is 17.7 Å². The van der Waals surface area contributed by atoms with Crippen molar-refractivity contribution in [2.24, 2.45) is 5.92 Å². The number of hydrogen-bond donors (Lipinski definition) is 4. The molecule has 3 aromatic rings. The van der Waals surface area contributed by atoms with E-state index in [4.69, 9.17) is 4.74 Å². The van der Waals surface area contributed by atoms with E-state index < -0.39 is 47.9 Å². The number of carbonyl (C=O) groups is 5. The van der Waals surface area contributed by atoms with Crippen LogP contribution in [0, 0.1) is 12.8 Å². The fourth-order valence-electron chi connectivity index (χ4n) is 5.51. The number of benzene rings is 3. The summed E-state index contributed by atoms with van der Waals surface area (Å²) in [5, 5.41) is 17.8. The van der Waals surface area contributed by atoms with Crippen LogP contribution in [0.1, 0.15) is 53.7 Å². The van der Waals surface area contributed by atoms with Crippen molar-refractivity contribution >= 4 is 35.5 Å². The quantitative estimate of drug-likeness (QED) is 0.233. The minimum absolute atomic E-state index is 0.0306. The molecule has 0 unspecified atom stereocenters. The van der Waals surface area contributed by atoms with Crippen LogP contribution in [0.15, 0.2) is 78.9 Å². The number of aryl methyl sites for hydroxylation is 1.